The lowest BCUT2D eigenvalue weighted by Gasteiger charge is -2.61. The van der Waals surface area contributed by atoms with E-state index in [-0.39, 0.29) is 41.2 Å². The van der Waals surface area contributed by atoms with Crippen molar-refractivity contribution in [2.75, 3.05) is 6.61 Å². The topological polar surface area (TPSA) is 63.6 Å². The molecule has 4 aliphatic rings. The number of hydrogen-bond donors (Lipinski definition) is 1. The first-order valence-electron chi connectivity index (χ1n) is 11.1. The van der Waals surface area contributed by atoms with Gasteiger partial charge < -0.3 is 9.84 Å². The summed E-state index contributed by atoms with van der Waals surface area (Å²) in [6.07, 6.45) is 5.70. The molecule has 0 aromatic heterocycles. The predicted molar refractivity (Wildman–Crippen MR) is 103 cm³/mol. The maximum absolute atomic E-state index is 15.8. The van der Waals surface area contributed by atoms with Gasteiger partial charge in [0, 0.05) is 12.8 Å². The number of alkyl halides is 1. The molecule has 4 rings (SSSR count). The van der Waals surface area contributed by atoms with E-state index < -0.39 is 12.1 Å². The number of hydrogen-bond acceptors (Lipinski definition) is 4. The molecule has 4 fully saturated rings. The molecular formula is C23H35FO4. The van der Waals surface area contributed by atoms with E-state index in [4.69, 9.17) is 4.74 Å². The Bertz CT molecular complexity index is 651. The van der Waals surface area contributed by atoms with E-state index in [2.05, 4.69) is 13.8 Å². The van der Waals surface area contributed by atoms with Gasteiger partial charge in [-0.25, -0.2) is 4.39 Å². The molecule has 0 unspecified atom stereocenters. The summed E-state index contributed by atoms with van der Waals surface area (Å²) in [5.74, 6) is 0.506. The zero-order chi connectivity index (χ0) is 20.3. The van der Waals surface area contributed by atoms with E-state index >= 15 is 4.39 Å². The van der Waals surface area contributed by atoms with Crippen LogP contribution in [0.5, 0.6) is 0 Å². The number of fused-ring (bicyclic) bond motifs is 5. The highest BCUT2D eigenvalue weighted by atomic mass is 19.1. The van der Waals surface area contributed by atoms with E-state index in [1.807, 2.05) is 0 Å². The summed E-state index contributed by atoms with van der Waals surface area (Å²) >= 11 is 0. The van der Waals surface area contributed by atoms with E-state index in [0.29, 0.717) is 24.2 Å². The van der Waals surface area contributed by atoms with Crippen LogP contribution in [0.1, 0.15) is 72.1 Å². The summed E-state index contributed by atoms with van der Waals surface area (Å²) in [5.41, 5.74) is -0.349. The van der Waals surface area contributed by atoms with Gasteiger partial charge in [0.1, 0.15) is 12.8 Å². The van der Waals surface area contributed by atoms with Crippen molar-refractivity contribution in [2.24, 2.45) is 40.4 Å². The van der Waals surface area contributed by atoms with Crippen LogP contribution in [0.4, 0.5) is 4.39 Å². The number of esters is 1. The summed E-state index contributed by atoms with van der Waals surface area (Å²) < 4.78 is 20.8. The Labute approximate surface area is 167 Å². The number of carbonyl (C=O) groups excluding carboxylic acids is 2. The van der Waals surface area contributed by atoms with Crippen molar-refractivity contribution in [1.29, 1.82) is 0 Å². The van der Waals surface area contributed by atoms with Gasteiger partial charge in [-0.1, -0.05) is 13.8 Å². The summed E-state index contributed by atoms with van der Waals surface area (Å²) in [7, 11) is 0. The lowest BCUT2D eigenvalue weighted by molar-refractivity contribution is -0.164. The molecule has 4 nitrogen and oxygen atoms in total. The third kappa shape index (κ3) is 3.03. The largest absolute Gasteiger partial charge is 0.458 e. The molecule has 0 spiro atoms. The first kappa shape index (κ1) is 20.3. The van der Waals surface area contributed by atoms with E-state index in [1.54, 1.807) is 0 Å². The first-order valence-corrected chi connectivity index (χ1v) is 11.1. The highest BCUT2D eigenvalue weighted by Crippen LogP contribution is 2.68. The molecule has 158 valence electrons. The van der Waals surface area contributed by atoms with Crippen molar-refractivity contribution < 1.29 is 23.8 Å². The van der Waals surface area contributed by atoms with Crippen molar-refractivity contribution >= 4 is 11.8 Å². The first-order chi connectivity index (χ1) is 13.2. The fourth-order valence-electron chi connectivity index (χ4n) is 8.09. The molecular weight excluding hydrogens is 359 g/mol. The molecule has 5 heteroatoms. The van der Waals surface area contributed by atoms with Crippen LogP contribution < -0.4 is 0 Å². The Morgan fingerprint density at radius 1 is 1.11 bits per heavy atom. The fraction of sp³-hybridized carbons (Fsp3) is 0.913. The normalized spacial score (nSPS) is 50.2. The average molecular weight is 395 g/mol. The number of aliphatic hydroxyl groups excluding tert-OH is 1. The van der Waals surface area contributed by atoms with E-state index in [0.717, 1.165) is 44.9 Å². The van der Waals surface area contributed by atoms with Gasteiger partial charge in [-0.2, -0.15) is 0 Å². The quantitative estimate of drug-likeness (QED) is 0.733. The summed E-state index contributed by atoms with van der Waals surface area (Å²) in [6, 6.07) is 0. The maximum atomic E-state index is 15.8. The fourth-order valence-corrected chi connectivity index (χ4v) is 8.09. The summed E-state index contributed by atoms with van der Waals surface area (Å²) in [4.78, 5) is 23.9. The van der Waals surface area contributed by atoms with Crippen LogP contribution >= 0.6 is 0 Å². The number of aliphatic hydroxyl groups is 1. The SMILES string of the molecule is CC(=O)OCC(=O)[C@H]1CC[C@H]2[C@@H]3CC[C@H]4C[C@@H](O)CC[C@]4(C)[C@H]3[C@H](F)C[C@]12C. The van der Waals surface area contributed by atoms with Crippen molar-refractivity contribution in [3.63, 3.8) is 0 Å². The van der Waals surface area contributed by atoms with Crippen molar-refractivity contribution in [1.82, 2.24) is 0 Å². The Morgan fingerprint density at radius 3 is 2.57 bits per heavy atom. The molecule has 4 aliphatic carbocycles. The van der Waals surface area contributed by atoms with Gasteiger partial charge in [-0.3, -0.25) is 9.59 Å². The van der Waals surface area contributed by atoms with Crippen LogP contribution in [0.15, 0.2) is 0 Å². The number of carbonyl (C=O) groups is 2. The van der Waals surface area contributed by atoms with E-state index in [9.17, 15) is 14.7 Å². The second kappa shape index (κ2) is 7.07. The third-order valence-electron chi connectivity index (χ3n) is 9.33. The highest BCUT2D eigenvalue weighted by Gasteiger charge is 2.64. The Hall–Kier alpha value is -0.970. The Balaban J connectivity index is 1.57. The standard InChI is InChI=1S/C23H35FO4/c1-13(25)28-12-20(27)18-7-6-17-16-5-4-14-10-15(26)8-9-22(14,2)21(16)19(24)11-23(17,18)3/h14-19,21,26H,4-12H2,1-3H3/t14-,15-,16-,17-,18+,19+,21+,22-,23-/m0/s1. The zero-order valence-electron chi connectivity index (χ0n) is 17.5. The molecule has 0 bridgehead atoms. The maximum Gasteiger partial charge on any atom is 0.303 e. The number of halogens is 1. The number of rotatable bonds is 3. The number of ketones is 1. The van der Waals surface area contributed by atoms with Gasteiger partial charge in [0.05, 0.1) is 6.10 Å². The van der Waals surface area contributed by atoms with Crippen molar-refractivity contribution in [3.05, 3.63) is 0 Å². The van der Waals surface area contributed by atoms with Crippen LogP contribution in [0.3, 0.4) is 0 Å². The third-order valence-corrected chi connectivity index (χ3v) is 9.33. The number of Topliss-reactive ketones (excluding diaryl/α,β-unsaturated/α-hetero) is 1. The minimum Gasteiger partial charge on any atom is -0.458 e. The average Bonchev–Trinajstić information content (AvgIpc) is 2.96. The second-order valence-corrected chi connectivity index (χ2v) is 10.6. The monoisotopic (exact) mass is 394 g/mol. The zero-order valence-corrected chi connectivity index (χ0v) is 17.5. The Morgan fingerprint density at radius 2 is 1.86 bits per heavy atom. The van der Waals surface area contributed by atoms with Gasteiger partial charge in [0.2, 0.25) is 0 Å². The highest BCUT2D eigenvalue weighted by molar-refractivity contribution is 5.85. The van der Waals surface area contributed by atoms with Crippen LogP contribution in [0, 0.1) is 40.4 Å². The predicted octanol–water partition coefficient (Wildman–Crippen LogP) is 4.09. The van der Waals surface area contributed by atoms with Crippen molar-refractivity contribution in [2.45, 2.75) is 84.4 Å². The van der Waals surface area contributed by atoms with Crippen LogP contribution in [-0.2, 0) is 14.3 Å². The van der Waals surface area contributed by atoms with Gasteiger partial charge in [-0.05, 0) is 85.9 Å². The summed E-state index contributed by atoms with van der Waals surface area (Å²) in [6.45, 7) is 5.53. The molecule has 9 atom stereocenters. The van der Waals surface area contributed by atoms with Crippen molar-refractivity contribution in [3.8, 4) is 0 Å². The minimum atomic E-state index is -0.892. The molecule has 1 N–H and O–H groups in total. The van der Waals surface area contributed by atoms with Gasteiger partial charge >= 0.3 is 5.97 Å². The molecule has 0 heterocycles. The molecule has 0 saturated heterocycles. The van der Waals surface area contributed by atoms with Crippen LogP contribution in [0.25, 0.3) is 0 Å². The summed E-state index contributed by atoms with van der Waals surface area (Å²) in [5, 5.41) is 10.1. The minimum absolute atomic E-state index is 0.0251. The Kier molecular flexibility index (Phi) is 5.13. The van der Waals surface area contributed by atoms with Crippen LogP contribution in [-0.4, -0.2) is 35.7 Å². The molecule has 0 radical (unpaired) electrons. The lowest BCUT2D eigenvalue weighted by Crippen LogP contribution is -2.58. The molecule has 0 aromatic rings. The van der Waals surface area contributed by atoms with Crippen LogP contribution in [0.2, 0.25) is 0 Å². The van der Waals surface area contributed by atoms with Gasteiger partial charge in [0.15, 0.2) is 5.78 Å². The smallest absolute Gasteiger partial charge is 0.303 e. The van der Waals surface area contributed by atoms with E-state index in [1.165, 1.54) is 6.92 Å². The molecule has 0 aromatic carbocycles. The molecule has 0 amide bonds. The van der Waals surface area contributed by atoms with Gasteiger partial charge in [-0.15, -0.1) is 0 Å². The van der Waals surface area contributed by atoms with Gasteiger partial charge in [0.25, 0.3) is 0 Å². The number of ether oxygens (including phenoxy) is 1. The second-order valence-electron chi connectivity index (χ2n) is 10.6. The lowest BCUT2D eigenvalue weighted by atomic mass is 9.44. The molecule has 0 aliphatic heterocycles. The molecule has 4 saturated carbocycles. The molecule has 28 heavy (non-hydrogen) atoms.